The van der Waals surface area contributed by atoms with Crippen molar-refractivity contribution in [2.45, 2.75) is 25.9 Å². The zero-order valence-electron chi connectivity index (χ0n) is 19.4. The van der Waals surface area contributed by atoms with Crippen molar-refractivity contribution >= 4 is 23.4 Å². The van der Waals surface area contributed by atoms with Crippen molar-refractivity contribution in [3.63, 3.8) is 0 Å². The molecule has 2 N–H and O–H groups in total. The Morgan fingerprint density at radius 3 is 2.12 bits per heavy atom. The summed E-state index contributed by atoms with van der Waals surface area (Å²) in [5, 5.41) is 6.45. The number of nitrogens with zero attached hydrogens (tertiary/aromatic N) is 1. The van der Waals surface area contributed by atoms with Gasteiger partial charge < -0.3 is 25.0 Å². The smallest absolute Gasteiger partial charge is 0.252 e. The second kappa shape index (κ2) is 11.7. The third-order valence-electron chi connectivity index (χ3n) is 5.21. The predicted octanol–water partition coefficient (Wildman–Crippen LogP) is 3.53. The lowest BCUT2D eigenvalue weighted by atomic mass is 10.0. The summed E-state index contributed by atoms with van der Waals surface area (Å²) in [5.74, 6) is 0.222. The number of benzene rings is 2. The summed E-state index contributed by atoms with van der Waals surface area (Å²) >= 11 is 6.36. The van der Waals surface area contributed by atoms with Gasteiger partial charge in [-0.1, -0.05) is 43.6 Å². The standard InChI is InChI=1S/C24H32ClN3O4/c1-15(2)22(27-23(29)16-11-17(31-5)13-18(12-16)32-6)24(30)26-14-21(28(3)4)19-9-7-8-10-20(19)25/h7-13,15,21-22H,14H2,1-6H3,(H,26,30)(H,27,29). The molecule has 0 aromatic heterocycles. The number of hydrogen-bond donors (Lipinski definition) is 2. The fourth-order valence-corrected chi connectivity index (χ4v) is 3.58. The molecule has 2 rings (SSSR count). The second-order valence-electron chi connectivity index (χ2n) is 8.04. The van der Waals surface area contributed by atoms with E-state index in [1.54, 1.807) is 18.2 Å². The molecule has 2 unspecified atom stereocenters. The normalized spacial score (nSPS) is 12.9. The average molecular weight is 462 g/mol. The van der Waals surface area contributed by atoms with Crippen molar-refractivity contribution in [2.24, 2.45) is 5.92 Å². The summed E-state index contributed by atoms with van der Waals surface area (Å²) in [4.78, 5) is 27.9. The Morgan fingerprint density at radius 1 is 1.03 bits per heavy atom. The van der Waals surface area contributed by atoms with E-state index in [9.17, 15) is 9.59 Å². The maximum absolute atomic E-state index is 13.0. The molecule has 2 amide bonds. The van der Waals surface area contributed by atoms with Crippen LogP contribution >= 0.6 is 11.6 Å². The van der Waals surface area contributed by atoms with Crippen LogP contribution in [0.1, 0.15) is 35.8 Å². The van der Waals surface area contributed by atoms with Crippen molar-refractivity contribution in [1.29, 1.82) is 0 Å². The van der Waals surface area contributed by atoms with Gasteiger partial charge in [0.15, 0.2) is 0 Å². The molecule has 2 atom stereocenters. The van der Waals surface area contributed by atoms with Crippen molar-refractivity contribution in [3.8, 4) is 11.5 Å². The van der Waals surface area contributed by atoms with Gasteiger partial charge in [-0.15, -0.1) is 0 Å². The topological polar surface area (TPSA) is 79.9 Å². The highest BCUT2D eigenvalue weighted by molar-refractivity contribution is 6.31. The van der Waals surface area contributed by atoms with Crippen molar-refractivity contribution in [2.75, 3.05) is 34.9 Å². The van der Waals surface area contributed by atoms with Gasteiger partial charge in [-0.2, -0.15) is 0 Å². The number of halogens is 1. The maximum atomic E-state index is 13.0. The molecule has 7 nitrogen and oxygen atoms in total. The Balaban J connectivity index is 2.14. The highest BCUT2D eigenvalue weighted by Gasteiger charge is 2.26. The Hall–Kier alpha value is -2.77. The van der Waals surface area contributed by atoms with Gasteiger partial charge in [-0.3, -0.25) is 9.59 Å². The third kappa shape index (κ3) is 6.61. The molecule has 0 heterocycles. The zero-order chi connectivity index (χ0) is 23.8. The van der Waals surface area contributed by atoms with E-state index in [-0.39, 0.29) is 23.8 Å². The van der Waals surface area contributed by atoms with Crippen molar-refractivity contribution in [1.82, 2.24) is 15.5 Å². The second-order valence-corrected chi connectivity index (χ2v) is 8.45. The molecule has 8 heteroatoms. The molecular weight excluding hydrogens is 430 g/mol. The van der Waals surface area contributed by atoms with Crippen molar-refractivity contribution in [3.05, 3.63) is 58.6 Å². The Bertz CT molecular complexity index is 911. The van der Waals surface area contributed by atoms with Gasteiger partial charge in [-0.05, 0) is 43.8 Å². The Kier molecular flexibility index (Phi) is 9.35. The summed E-state index contributed by atoms with van der Waals surface area (Å²) < 4.78 is 10.5. The molecule has 0 aliphatic rings. The number of carbonyl (C=O) groups excluding carboxylic acids is 2. The molecule has 0 bridgehead atoms. The van der Waals surface area contributed by atoms with E-state index >= 15 is 0 Å². The van der Waals surface area contributed by atoms with Gasteiger partial charge in [-0.25, -0.2) is 0 Å². The van der Waals surface area contributed by atoms with Crippen LogP contribution in [0.15, 0.2) is 42.5 Å². The average Bonchev–Trinajstić information content (AvgIpc) is 2.77. The summed E-state index contributed by atoms with van der Waals surface area (Å²) in [7, 11) is 6.89. The first-order chi connectivity index (χ1) is 15.2. The lowest BCUT2D eigenvalue weighted by molar-refractivity contribution is -0.124. The van der Waals surface area contributed by atoms with E-state index < -0.39 is 6.04 Å². The van der Waals surface area contributed by atoms with E-state index in [1.807, 2.05) is 57.1 Å². The van der Waals surface area contributed by atoms with Gasteiger partial charge in [0.1, 0.15) is 17.5 Å². The number of carbonyl (C=O) groups is 2. The van der Waals surface area contributed by atoms with Crippen LogP contribution in [0, 0.1) is 5.92 Å². The van der Waals surface area contributed by atoms with Crippen LogP contribution in [-0.4, -0.2) is 57.6 Å². The van der Waals surface area contributed by atoms with E-state index in [0.717, 1.165) is 5.56 Å². The molecule has 0 aliphatic heterocycles. The molecule has 2 aromatic rings. The van der Waals surface area contributed by atoms with Gasteiger partial charge in [0.2, 0.25) is 5.91 Å². The van der Waals surface area contributed by atoms with Gasteiger partial charge >= 0.3 is 0 Å². The monoisotopic (exact) mass is 461 g/mol. The first-order valence-corrected chi connectivity index (χ1v) is 10.8. The molecule has 174 valence electrons. The molecule has 0 saturated carbocycles. The Morgan fingerprint density at radius 2 is 1.62 bits per heavy atom. The summed E-state index contributed by atoms with van der Waals surface area (Å²) in [6, 6.07) is 11.6. The summed E-state index contributed by atoms with van der Waals surface area (Å²) in [5.41, 5.74) is 1.27. The number of methoxy groups -OCH3 is 2. The summed E-state index contributed by atoms with van der Waals surface area (Å²) in [6.45, 7) is 4.12. The molecule has 2 aromatic carbocycles. The van der Waals surface area contributed by atoms with Crippen LogP contribution in [0.2, 0.25) is 5.02 Å². The number of rotatable bonds is 10. The zero-order valence-corrected chi connectivity index (χ0v) is 20.2. The van der Waals surface area contributed by atoms with E-state index in [0.29, 0.717) is 28.6 Å². The fraction of sp³-hybridized carbons (Fsp3) is 0.417. The quantitative estimate of drug-likeness (QED) is 0.565. The molecule has 0 aliphatic carbocycles. The number of hydrogen-bond acceptors (Lipinski definition) is 5. The first-order valence-electron chi connectivity index (χ1n) is 10.4. The number of nitrogens with one attached hydrogen (secondary N) is 2. The molecule has 0 radical (unpaired) electrons. The minimum Gasteiger partial charge on any atom is -0.497 e. The van der Waals surface area contributed by atoms with Gasteiger partial charge in [0, 0.05) is 23.2 Å². The lowest BCUT2D eigenvalue weighted by Crippen LogP contribution is -2.51. The largest absolute Gasteiger partial charge is 0.497 e. The minimum absolute atomic E-state index is 0.112. The lowest BCUT2D eigenvalue weighted by Gasteiger charge is -2.28. The fourth-order valence-electron chi connectivity index (χ4n) is 3.32. The molecular formula is C24H32ClN3O4. The van der Waals surface area contributed by atoms with Crippen LogP contribution in [0.4, 0.5) is 0 Å². The maximum Gasteiger partial charge on any atom is 0.252 e. The molecule has 0 fully saturated rings. The van der Waals surface area contributed by atoms with Crippen LogP contribution in [0.3, 0.4) is 0 Å². The summed E-state index contributed by atoms with van der Waals surface area (Å²) in [6.07, 6.45) is 0. The third-order valence-corrected chi connectivity index (χ3v) is 5.55. The van der Waals surface area contributed by atoms with E-state index in [2.05, 4.69) is 10.6 Å². The van der Waals surface area contributed by atoms with Crippen molar-refractivity contribution < 1.29 is 19.1 Å². The van der Waals surface area contributed by atoms with Crippen LogP contribution in [0.5, 0.6) is 11.5 Å². The highest BCUT2D eigenvalue weighted by Crippen LogP contribution is 2.26. The predicted molar refractivity (Wildman–Crippen MR) is 127 cm³/mol. The van der Waals surface area contributed by atoms with Crippen LogP contribution < -0.4 is 20.1 Å². The SMILES string of the molecule is COc1cc(OC)cc(C(=O)NC(C(=O)NCC(c2ccccc2Cl)N(C)C)C(C)C)c1. The van der Waals surface area contributed by atoms with E-state index in [4.69, 9.17) is 21.1 Å². The van der Waals surface area contributed by atoms with Crippen LogP contribution in [-0.2, 0) is 4.79 Å². The molecule has 32 heavy (non-hydrogen) atoms. The molecule has 0 saturated heterocycles. The number of likely N-dealkylation sites (N-methyl/N-ethyl adjacent to an activating group) is 1. The Labute approximate surface area is 195 Å². The van der Waals surface area contributed by atoms with Gasteiger partial charge in [0.05, 0.1) is 20.3 Å². The highest BCUT2D eigenvalue weighted by atomic mass is 35.5. The van der Waals surface area contributed by atoms with Crippen LogP contribution in [0.25, 0.3) is 0 Å². The number of amides is 2. The van der Waals surface area contributed by atoms with E-state index in [1.165, 1.54) is 14.2 Å². The molecule has 0 spiro atoms. The van der Waals surface area contributed by atoms with Gasteiger partial charge in [0.25, 0.3) is 5.91 Å². The first kappa shape index (κ1) is 25.5. The number of ether oxygens (including phenoxy) is 2. The minimum atomic E-state index is -0.714.